The highest BCUT2D eigenvalue weighted by Crippen LogP contribution is 2.27. The summed E-state index contributed by atoms with van der Waals surface area (Å²) in [7, 11) is 1.54. The van der Waals surface area contributed by atoms with Crippen LogP contribution in [-0.4, -0.2) is 66.6 Å². The minimum atomic E-state index is -0.147. The Bertz CT molecular complexity index is 846. The number of aryl methyl sites for hydroxylation is 1. The van der Waals surface area contributed by atoms with Gasteiger partial charge >= 0.3 is 0 Å². The van der Waals surface area contributed by atoms with Crippen LogP contribution >= 0.6 is 11.6 Å². The van der Waals surface area contributed by atoms with Gasteiger partial charge in [0.1, 0.15) is 5.75 Å². The number of benzene rings is 1. The molecule has 1 aromatic carbocycles. The van der Waals surface area contributed by atoms with Crippen molar-refractivity contribution < 1.29 is 18.8 Å². The van der Waals surface area contributed by atoms with Crippen molar-refractivity contribution >= 4 is 29.1 Å². The molecular weight excluding hydrogens is 384 g/mol. The van der Waals surface area contributed by atoms with E-state index < -0.39 is 0 Å². The van der Waals surface area contributed by atoms with Gasteiger partial charge in [0.15, 0.2) is 0 Å². The van der Waals surface area contributed by atoms with E-state index >= 15 is 0 Å². The van der Waals surface area contributed by atoms with Crippen LogP contribution in [0.25, 0.3) is 0 Å². The third-order valence-electron chi connectivity index (χ3n) is 4.59. The Morgan fingerprint density at radius 1 is 1.25 bits per heavy atom. The van der Waals surface area contributed by atoms with Crippen molar-refractivity contribution in [1.82, 2.24) is 15.0 Å². The fourth-order valence-electron chi connectivity index (χ4n) is 3.05. The molecule has 0 unspecified atom stereocenters. The number of nitrogens with one attached hydrogen (secondary N) is 1. The number of piperazine rings is 1. The molecule has 0 radical (unpaired) electrons. The number of hydrogen-bond acceptors (Lipinski definition) is 6. The predicted molar refractivity (Wildman–Crippen MR) is 105 cm³/mol. The van der Waals surface area contributed by atoms with E-state index in [0.717, 1.165) is 0 Å². The van der Waals surface area contributed by atoms with E-state index in [9.17, 15) is 9.59 Å². The summed E-state index contributed by atoms with van der Waals surface area (Å²) < 4.78 is 10.3. The number of nitrogens with zero attached hydrogens (tertiary/aromatic N) is 3. The van der Waals surface area contributed by atoms with Gasteiger partial charge < -0.3 is 19.5 Å². The summed E-state index contributed by atoms with van der Waals surface area (Å²) in [5, 5.41) is 7.11. The Balaban J connectivity index is 1.44. The molecule has 1 fully saturated rings. The van der Waals surface area contributed by atoms with Gasteiger partial charge in [-0.25, -0.2) is 0 Å². The molecule has 9 heteroatoms. The maximum absolute atomic E-state index is 12.4. The van der Waals surface area contributed by atoms with Crippen molar-refractivity contribution in [2.45, 2.75) is 13.3 Å². The van der Waals surface area contributed by atoms with Crippen LogP contribution in [0, 0.1) is 6.92 Å². The third kappa shape index (κ3) is 5.02. The van der Waals surface area contributed by atoms with E-state index in [-0.39, 0.29) is 17.6 Å². The maximum atomic E-state index is 12.4. The van der Waals surface area contributed by atoms with Crippen LogP contribution in [0.15, 0.2) is 28.8 Å². The summed E-state index contributed by atoms with van der Waals surface area (Å²) in [6, 6.07) is 6.72. The molecule has 1 N–H and O–H groups in total. The molecular formula is C19H23ClN4O4. The second kappa shape index (κ2) is 9.07. The Hall–Kier alpha value is -2.58. The number of halogens is 1. The fraction of sp³-hybridized carbons (Fsp3) is 0.421. The first-order valence-electron chi connectivity index (χ1n) is 9.04. The van der Waals surface area contributed by atoms with Crippen molar-refractivity contribution in [2.24, 2.45) is 0 Å². The van der Waals surface area contributed by atoms with Crippen LogP contribution in [-0.2, 0) is 4.79 Å². The molecule has 2 amide bonds. The molecule has 0 atom stereocenters. The van der Waals surface area contributed by atoms with Gasteiger partial charge in [0, 0.05) is 50.2 Å². The molecule has 1 saturated heterocycles. The zero-order valence-electron chi connectivity index (χ0n) is 15.9. The molecule has 2 heterocycles. The molecule has 0 spiro atoms. The van der Waals surface area contributed by atoms with Gasteiger partial charge in [-0.05, 0) is 25.1 Å². The van der Waals surface area contributed by atoms with Crippen LogP contribution in [0.4, 0.5) is 5.69 Å². The average Bonchev–Trinajstić information content (AvgIpc) is 3.13. The Kier molecular flexibility index (Phi) is 6.53. The summed E-state index contributed by atoms with van der Waals surface area (Å²) in [5.41, 5.74) is 1.24. The molecule has 28 heavy (non-hydrogen) atoms. The molecule has 150 valence electrons. The number of hydrogen-bond donors (Lipinski definition) is 1. The first-order valence-corrected chi connectivity index (χ1v) is 9.42. The number of carbonyl (C=O) groups is 2. The molecule has 2 aromatic rings. The number of methoxy groups -OCH3 is 1. The lowest BCUT2D eigenvalue weighted by Gasteiger charge is -2.34. The quantitative estimate of drug-likeness (QED) is 0.792. The number of amides is 2. The van der Waals surface area contributed by atoms with Crippen molar-refractivity contribution in [3.63, 3.8) is 0 Å². The zero-order chi connectivity index (χ0) is 20.1. The van der Waals surface area contributed by atoms with Gasteiger partial charge in [0.25, 0.3) is 5.91 Å². The van der Waals surface area contributed by atoms with Crippen molar-refractivity contribution in [1.29, 1.82) is 0 Å². The van der Waals surface area contributed by atoms with Gasteiger partial charge in [-0.15, -0.1) is 0 Å². The Labute approximate surface area is 168 Å². The highest BCUT2D eigenvalue weighted by Gasteiger charge is 2.24. The van der Waals surface area contributed by atoms with Crippen LogP contribution in [0.3, 0.4) is 0 Å². The molecule has 1 aliphatic heterocycles. The lowest BCUT2D eigenvalue weighted by molar-refractivity contribution is -0.116. The van der Waals surface area contributed by atoms with Crippen LogP contribution in [0.1, 0.15) is 22.7 Å². The largest absolute Gasteiger partial charge is 0.495 e. The highest BCUT2D eigenvalue weighted by atomic mass is 35.5. The molecule has 0 bridgehead atoms. The van der Waals surface area contributed by atoms with E-state index in [4.69, 9.17) is 20.9 Å². The van der Waals surface area contributed by atoms with Crippen LogP contribution in [0.5, 0.6) is 5.75 Å². The summed E-state index contributed by atoms with van der Waals surface area (Å²) in [5.74, 6) is 0.565. The SMILES string of the molecule is COc1ccc(Cl)cc1NC(=O)CCN1CCN(C(=O)c2cc(C)no2)CC1. The first-order chi connectivity index (χ1) is 13.5. The van der Waals surface area contributed by atoms with Crippen molar-refractivity contribution in [2.75, 3.05) is 45.2 Å². The van der Waals surface area contributed by atoms with Gasteiger partial charge in [0.05, 0.1) is 18.5 Å². The molecule has 1 aliphatic rings. The van der Waals surface area contributed by atoms with Gasteiger partial charge in [0.2, 0.25) is 11.7 Å². The number of carbonyl (C=O) groups excluding carboxylic acids is 2. The number of anilines is 1. The van der Waals surface area contributed by atoms with Crippen LogP contribution in [0.2, 0.25) is 5.02 Å². The molecule has 0 aliphatic carbocycles. The number of ether oxygens (including phenoxy) is 1. The van der Waals surface area contributed by atoms with Gasteiger partial charge in [-0.1, -0.05) is 16.8 Å². The standard InChI is InChI=1S/C19H23ClN4O4/c1-13-11-17(28-22-13)19(26)24-9-7-23(8-10-24)6-5-18(25)21-15-12-14(20)3-4-16(15)27-2/h3-4,11-12H,5-10H2,1-2H3,(H,21,25). The number of aromatic nitrogens is 1. The second-order valence-electron chi connectivity index (χ2n) is 6.61. The summed E-state index contributed by atoms with van der Waals surface area (Å²) >= 11 is 5.98. The Morgan fingerprint density at radius 3 is 2.64 bits per heavy atom. The summed E-state index contributed by atoms with van der Waals surface area (Å²) in [6.45, 7) is 4.96. The summed E-state index contributed by atoms with van der Waals surface area (Å²) in [6.07, 6.45) is 0.338. The highest BCUT2D eigenvalue weighted by molar-refractivity contribution is 6.31. The minimum absolute atomic E-state index is 0.115. The normalized spacial score (nSPS) is 14.8. The summed E-state index contributed by atoms with van der Waals surface area (Å²) in [4.78, 5) is 28.5. The molecule has 3 rings (SSSR count). The van der Waals surface area contributed by atoms with E-state index in [1.54, 1.807) is 43.2 Å². The predicted octanol–water partition coefficient (Wildman–Crippen LogP) is 2.43. The van der Waals surface area contributed by atoms with Crippen molar-refractivity contribution in [3.05, 3.63) is 40.7 Å². The van der Waals surface area contributed by atoms with E-state index in [1.807, 2.05) is 0 Å². The lowest BCUT2D eigenvalue weighted by Crippen LogP contribution is -2.49. The van der Waals surface area contributed by atoms with Crippen LogP contribution < -0.4 is 10.1 Å². The van der Waals surface area contributed by atoms with E-state index in [0.29, 0.717) is 61.3 Å². The fourth-order valence-corrected chi connectivity index (χ4v) is 3.22. The molecule has 8 nitrogen and oxygen atoms in total. The zero-order valence-corrected chi connectivity index (χ0v) is 16.7. The van der Waals surface area contributed by atoms with Gasteiger partial charge in [-0.3, -0.25) is 14.5 Å². The number of rotatable bonds is 6. The average molecular weight is 407 g/mol. The second-order valence-corrected chi connectivity index (χ2v) is 7.05. The lowest BCUT2D eigenvalue weighted by atomic mass is 10.2. The third-order valence-corrected chi connectivity index (χ3v) is 4.82. The molecule has 0 saturated carbocycles. The topological polar surface area (TPSA) is 87.9 Å². The van der Waals surface area contributed by atoms with E-state index in [1.165, 1.54) is 0 Å². The maximum Gasteiger partial charge on any atom is 0.292 e. The van der Waals surface area contributed by atoms with E-state index in [2.05, 4.69) is 15.4 Å². The van der Waals surface area contributed by atoms with Crippen molar-refractivity contribution in [3.8, 4) is 5.75 Å². The first kappa shape index (κ1) is 20.2. The van der Waals surface area contributed by atoms with Gasteiger partial charge in [-0.2, -0.15) is 0 Å². The smallest absolute Gasteiger partial charge is 0.292 e. The molecule has 1 aromatic heterocycles. The minimum Gasteiger partial charge on any atom is -0.495 e. The monoisotopic (exact) mass is 406 g/mol. The Morgan fingerprint density at radius 2 is 2.00 bits per heavy atom.